The third-order valence-corrected chi connectivity index (χ3v) is 4.62. The first-order valence-corrected chi connectivity index (χ1v) is 7.97. The van der Waals surface area contributed by atoms with Gasteiger partial charge in [0.1, 0.15) is 10.8 Å². The van der Waals surface area contributed by atoms with Crippen LogP contribution in [0.25, 0.3) is 0 Å². The van der Waals surface area contributed by atoms with Crippen molar-refractivity contribution in [3.05, 3.63) is 40.5 Å². The van der Waals surface area contributed by atoms with Crippen molar-refractivity contribution >= 4 is 17.2 Å². The van der Waals surface area contributed by atoms with Gasteiger partial charge in [0.15, 0.2) is 0 Å². The highest BCUT2D eigenvalue weighted by Gasteiger charge is 2.22. The van der Waals surface area contributed by atoms with E-state index in [2.05, 4.69) is 37.7 Å². The number of aromatic nitrogens is 2. The van der Waals surface area contributed by atoms with Crippen LogP contribution in [0, 0.1) is 0 Å². The number of pyridine rings is 1. The van der Waals surface area contributed by atoms with Crippen molar-refractivity contribution in [2.24, 2.45) is 0 Å². The van der Waals surface area contributed by atoms with Gasteiger partial charge in [-0.15, -0.1) is 11.3 Å². The molecule has 0 saturated carbocycles. The Morgan fingerprint density at radius 2 is 2.35 bits per heavy atom. The van der Waals surface area contributed by atoms with Gasteiger partial charge >= 0.3 is 0 Å². The zero-order valence-corrected chi connectivity index (χ0v) is 12.6. The predicted molar refractivity (Wildman–Crippen MR) is 83.1 cm³/mol. The lowest BCUT2D eigenvalue weighted by Gasteiger charge is -2.32. The maximum atomic E-state index is 4.39. The molecule has 3 rings (SSSR count). The van der Waals surface area contributed by atoms with E-state index in [0.29, 0.717) is 5.92 Å². The molecule has 1 aliphatic rings. The Hall–Kier alpha value is -1.46. The molecular formula is C15H20N4S. The summed E-state index contributed by atoms with van der Waals surface area (Å²) in [7, 11) is 1.92. The average molecular weight is 288 g/mol. The topological polar surface area (TPSA) is 41.0 Å². The highest BCUT2D eigenvalue weighted by atomic mass is 32.1. The van der Waals surface area contributed by atoms with Crippen molar-refractivity contribution < 1.29 is 0 Å². The molecule has 5 heteroatoms. The van der Waals surface area contributed by atoms with Crippen LogP contribution in [0.5, 0.6) is 0 Å². The van der Waals surface area contributed by atoms with Crippen LogP contribution in [0.2, 0.25) is 0 Å². The predicted octanol–water partition coefficient (Wildman–Crippen LogP) is 2.96. The van der Waals surface area contributed by atoms with Crippen molar-refractivity contribution in [2.45, 2.75) is 25.3 Å². The van der Waals surface area contributed by atoms with Crippen LogP contribution >= 0.6 is 11.3 Å². The Labute approximate surface area is 123 Å². The largest absolute Gasteiger partial charge is 0.373 e. The number of thiazole rings is 1. The standard InChI is InChI=1S/C15H20N4S/c1-16-14-9-12(4-5-17-14)13-3-2-7-19(10-13)11-15-18-6-8-20-15/h4-6,8-9,13H,2-3,7,10-11H2,1H3,(H,16,17)/t13-/m0/s1. The zero-order chi connectivity index (χ0) is 13.8. The number of hydrogen-bond acceptors (Lipinski definition) is 5. The SMILES string of the molecule is CNc1cc([C@H]2CCCN(Cc3nccs3)C2)ccn1. The van der Waals surface area contributed by atoms with Gasteiger partial charge in [-0.3, -0.25) is 4.90 Å². The van der Waals surface area contributed by atoms with Gasteiger partial charge in [0.2, 0.25) is 0 Å². The Balaban J connectivity index is 1.68. The molecule has 0 bridgehead atoms. The first-order valence-electron chi connectivity index (χ1n) is 7.09. The maximum Gasteiger partial charge on any atom is 0.125 e. The lowest BCUT2D eigenvalue weighted by atomic mass is 9.91. The zero-order valence-electron chi connectivity index (χ0n) is 11.7. The van der Waals surface area contributed by atoms with Gasteiger partial charge in [0, 0.05) is 31.4 Å². The average Bonchev–Trinajstić information content (AvgIpc) is 3.00. The van der Waals surface area contributed by atoms with Gasteiger partial charge in [-0.2, -0.15) is 0 Å². The van der Waals surface area contributed by atoms with E-state index in [1.807, 2.05) is 19.4 Å². The molecule has 1 saturated heterocycles. The van der Waals surface area contributed by atoms with Crippen molar-refractivity contribution in [3.8, 4) is 0 Å². The Bertz CT molecular complexity index is 541. The first kappa shape index (κ1) is 13.5. The Kier molecular flexibility index (Phi) is 4.28. The monoisotopic (exact) mass is 288 g/mol. The number of piperidine rings is 1. The van der Waals surface area contributed by atoms with Crippen molar-refractivity contribution in [1.82, 2.24) is 14.9 Å². The summed E-state index contributed by atoms with van der Waals surface area (Å²) in [6.45, 7) is 3.28. The van der Waals surface area contributed by atoms with E-state index in [1.54, 1.807) is 11.3 Å². The van der Waals surface area contributed by atoms with Crippen LogP contribution < -0.4 is 5.32 Å². The van der Waals surface area contributed by atoms with Gasteiger partial charge in [-0.1, -0.05) is 0 Å². The summed E-state index contributed by atoms with van der Waals surface area (Å²) in [6, 6.07) is 4.33. The molecule has 0 aliphatic carbocycles. The molecule has 1 atom stereocenters. The van der Waals surface area contributed by atoms with Gasteiger partial charge in [-0.05, 0) is 43.0 Å². The molecule has 106 valence electrons. The lowest BCUT2D eigenvalue weighted by molar-refractivity contribution is 0.200. The molecule has 0 aromatic carbocycles. The highest BCUT2D eigenvalue weighted by Crippen LogP contribution is 2.28. The molecule has 0 radical (unpaired) electrons. The van der Waals surface area contributed by atoms with Gasteiger partial charge in [-0.25, -0.2) is 9.97 Å². The minimum atomic E-state index is 0.610. The smallest absolute Gasteiger partial charge is 0.125 e. The molecule has 0 amide bonds. The van der Waals surface area contributed by atoms with Gasteiger partial charge < -0.3 is 5.32 Å². The molecule has 1 N–H and O–H groups in total. The lowest BCUT2D eigenvalue weighted by Crippen LogP contribution is -2.33. The second-order valence-electron chi connectivity index (χ2n) is 5.22. The van der Waals surface area contributed by atoms with Crippen LogP contribution in [-0.4, -0.2) is 35.0 Å². The minimum Gasteiger partial charge on any atom is -0.373 e. The van der Waals surface area contributed by atoms with Gasteiger partial charge in [0.05, 0.1) is 6.54 Å². The normalized spacial score (nSPS) is 19.9. The van der Waals surface area contributed by atoms with E-state index in [1.165, 1.54) is 30.0 Å². The Morgan fingerprint density at radius 1 is 1.40 bits per heavy atom. The first-order chi connectivity index (χ1) is 9.85. The summed E-state index contributed by atoms with van der Waals surface area (Å²) < 4.78 is 0. The summed E-state index contributed by atoms with van der Waals surface area (Å²) in [5, 5.41) is 6.39. The number of nitrogens with one attached hydrogen (secondary N) is 1. The van der Waals surface area contributed by atoms with Gasteiger partial charge in [0.25, 0.3) is 0 Å². The molecule has 3 heterocycles. The number of nitrogens with zero attached hydrogens (tertiary/aromatic N) is 3. The third kappa shape index (κ3) is 3.16. The van der Waals surface area contributed by atoms with E-state index in [0.717, 1.165) is 18.9 Å². The minimum absolute atomic E-state index is 0.610. The van der Waals surface area contributed by atoms with E-state index in [9.17, 15) is 0 Å². The second kappa shape index (κ2) is 6.33. The van der Waals surface area contributed by atoms with Crippen molar-refractivity contribution in [2.75, 3.05) is 25.5 Å². The van der Waals surface area contributed by atoms with E-state index < -0.39 is 0 Å². The molecule has 2 aromatic rings. The highest BCUT2D eigenvalue weighted by molar-refractivity contribution is 7.09. The fourth-order valence-electron chi connectivity index (χ4n) is 2.83. The maximum absolute atomic E-state index is 4.39. The van der Waals surface area contributed by atoms with Crippen molar-refractivity contribution in [1.29, 1.82) is 0 Å². The molecule has 1 aliphatic heterocycles. The quantitative estimate of drug-likeness (QED) is 0.939. The fraction of sp³-hybridized carbons (Fsp3) is 0.467. The summed E-state index contributed by atoms with van der Waals surface area (Å²) in [5.41, 5.74) is 1.40. The molecule has 4 nitrogen and oxygen atoms in total. The van der Waals surface area contributed by atoms with E-state index >= 15 is 0 Å². The van der Waals surface area contributed by atoms with E-state index in [-0.39, 0.29) is 0 Å². The molecular weight excluding hydrogens is 268 g/mol. The molecule has 2 aromatic heterocycles. The Morgan fingerprint density at radius 3 is 3.15 bits per heavy atom. The molecule has 0 spiro atoms. The summed E-state index contributed by atoms with van der Waals surface area (Å²) >= 11 is 1.75. The van der Waals surface area contributed by atoms with Crippen LogP contribution in [0.1, 0.15) is 29.3 Å². The number of anilines is 1. The second-order valence-corrected chi connectivity index (χ2v) is 6.20. The summed E-state index contributed by atoms with van der Waals surface area (Å²) in [6.07, 6.45) is 6.32. The molecule has 20 heavy (non-hydrogen) atoms. The molecule has 1 fully saturated rings. The molecule has 0 unspecified atom stereocenters. The van der Waals surface area contributed by atoms with E-state index in [4.69, 9.17) is 0 Å². The van der Waals surface area contributed by atoms with Crippen LogP contribution in [0.4, 0.5) is 5.82 Å². The van der Waals surface area contributed by atoms with Crippen LogP contribution in [-0.2, 0) is 6.54 Å². The number of hydrogen-bond donors (Lipinski definition) is 1. The van der Waals surface area contributed by atoms with Crippen LogP contribution in [0.15, 0.2) is 29.9 Å². The number of likely N-dealkylation sites (tertiary alicyclic amines) is 1. The fourth-order valence-corrected chi connectivity index (χ4v) is 3.49. The number of rotatable bonds is 4. The van der Waals surface area contributed by atoms with Crippen LogP contribution in [0.3, 0.4) is 0 Å². The van der Waals surface area contributed by atoms with Crippen molar-refractivity contribution in [3.63, 3.8) is 0 Å². The summed E-state index contributed by atoms with van der Waals surface area (Å²) in [4.78, 5) is 11.2. The summed E-state index contributed by atoms with van der Waals surface area (Å²) in [5.74, 6) is 1.57. The third-order valence-electron chi connectivity index (χ3n) is 3.86.